The number of nitrogens with one attached hydrogen (secondary N) is 1. The number of morpholine rings is 1. The van der Waals surface area contributed by atoms with Crippen molar-refractivity contribution in [2.75, 3.05) is 36.5 Å². The standard InChI is InChI=1S/C22H23N3O2/c1-15-6-8-18(14-20(15)25-10-12-27-13-11-25)22(26)24-19-5-3-4-17-9-7-16(2)23-21(17)19/h3-9,14H,10-13H2,1-2H3,(H,24,26). The van der Waals surface area contributed by atoms with Crippen molar-refractivity contribution in [1.29, 1.82) is 0 Å². The first-order chi connectivity index (χ1) is 13.1. The van der Waals surface area contributed by atoms with E-state index in [0.29, 0.717) is 5.56 Å². The van der Waals surface area contributed by atoms with Gasteiger partial charge in [-0.25, -0.2) is 0 Å². The number of hydrogen-bond donors (Lipinski definition) is 1. The molecule has 0 atom stereocenters. The summed E-state index contributed by atoms with van der Waals surface area (Å²) in [5, 5.41) is 4.04. The lowest BCUT2D eigenvalue weighted by Gasteiger charge is -2.30. The fourth-order valence-electron chi connectivity index (χ4n) is 3.44. The number of ether oxygens (including phenoxy) is 1. The third-order valence-electron chi connectivity index (χ3n) is 4.93. The normalized spacial score (nSPS) is 14.4. The fourth-order valence-corrected chi connectivity index (χ4v) is 3.44. The van der Waals surface area contributed by atoms with Crippen molar-refractivity contribution in [2.24, 2.45) is 0 Å². The van der Waals surface area contributed by atoms with E-state index in [2.05, 4.69) is 22.1 Å². The van der Waals surface area contributed by atoms with Gasteiger partial charge in [-0.15, -0.1) is 0 Å². The Hall–Kier alpha value is -2.92. The number of aryl methyl sites for hydroxylation is 2. The van der Waals surface area contributed by atoms with E-state index in [0.717, 1.165) is 59.8 Å². The number of para-hydroxylation sites is 1. The molecule has 1 aliphatic rings. The minimum atomic E-state index is -0.125. The Kier molecular flexibility index (Phi) is 4.77. The maximum atomic E-state index is 12.9. The topological polar surface area (TPSA) is 54.5 Å². The highest BCUT2D eigenvalue weighted by atomic mass is 16.5. The van der Waals surface area contributed by atoms with Gasteiger partial charge in [-0.2, -0.15) is 0 Å². The zero-order valence-corrected chi connectivity index (χ0v) is 15.7. The van der Waals surface area contributed by atoms with Crippen molar-refractivity contribution >= 4 is 28.2 Å². The predicted octanol–water partition coefficient (Wildman–Crippen LogP) is 3.94. The third-order valence-corrected chi connectivity index (χ3v) is 4.93. The summed E-state index contributed by atoms with van der Waals surface area (Å²) >= 11 is 0. The predicted molar refractivity (Wildman–Crippen MR) is 109 cm³/mol. The molecule has 1 N–H and O–H groups in total. The number of anilines is 2. The average Bonchev–Trinajstić information content (AvgIpc) is 2.69. The molecule has 2 heterocycles. The molecule has 0 radical (unpaired) electrons. The van der Waals surface area contributed by atoms with E-state index < -0.39 is 0 Å². The summed E-state index contributed by atoms with van der Waals surface area (Å²) in [5.41, 5.74) is 5.37. The minimum absolute atomic E-state index is 0.125. The molecule has 27 heavy (non-hydrogen) atoms. The van der Waals surface area contributed by atoms with Crippen LogP contribution in [0.5, 0.6) is 0 Å². The first kappa shape index (κ1) is 17.5. The zero-order valence-electron chi connectivity index (χ0n) is 15.7. The van der Waals surface area contributed by atoms with Crippen LogP contribution in [0.4, 0.5) is 11.4 Å². The maximum absolute atomic E-state index is 12.9. The van der Waals surface area contributed by atoms with Gasteiger partial charge in [0.15, 0.2) is 0 Å². The second-order valence-electron chi connectivity index (χ2n) is 6.88. The lowest BCUT2D eigenvalue weighted by atomic mass is 10.1. The second kappa shape index (κ2) is 7.37. The van der Waals surface area contributed by atoms with Gasteiger partial charge in [0.25, 0.3) is 5.91 Å². The summed E-state index contributed by atoms with van der Waals surface area (Å²) in [7, 11) is 0. The maximum Gasteiger partial charge on any atom is 0.255 e. The molecule has 5 nitrogen and oxygen atoms in total. The van der Waals surface area contributed by atoms with Gasteiger partial charge in [0, 0.05) is 35.4 Å². The number of amides is 1. The first-order valence-corrected chi connectivity index (χ1v) is 9.23. The van der Waals surface area contributed by atoms with Gasteiger partial charge in [0.2, 0.25) is 0 Å². The molecule has 4 rings (SSSR count). The molecule has 1 aromatic heterocycles. The average molecular weight is 361 g/mol. The number of carbonyl (C=O) groups is 1. The molecular weight excluding hydrogens is 338 g/mol. The number of rotatable bonds is 3. The van der Waals surface area contributed by atoms with Crippen LogP contribution in [0, 0.1) is 13.8 Å². The van der Waals surface area contributed by atoms with Crippen LogP contribution in [0.15, 0.2) is 48.5 Å². The molecule has 1 aliphatic heterocycles. The Morgan fingerprint density at radius 1 is 1.07 bits per heavy atom. The highest BCUT2D eigenvalue weighted by molar-refractivity contribution is 6.08. The van der Waals surface area contributed by atoms with Gasteiger partial charge in [-0.3, -0.25) is 9.78 Å². The molecule has 1 fully saturated rings. The van der Waals surface area contributed by atoms with Gasteiger partial charge < -0.3 is 15.0 Å². The van der Waals surface area contributed by atoms with Gasteiger partial charge in [-0.1, -0.05) is 24.3 Å². The largest absolute Gasteiger partial charge is 0.378 e. The van der Waals surface area contributed by atoms with Crippen molar-refractivity contribution in [2.45, 2.75) is 13.8 Å². The summed E-state index contributed by atoms with van der Waals surface area (Å²) in [5.74, 6) is -0.125. The Labute approximate surface area is 159 Å². The Balaban J connectivity index is 1.63. The molecule has 0 saturated carbocycles. The Morgan fingerprint density at radius 2 is 1.89 bits per heavy atom. The number of fused-ring (bicyclic) bond motifs is 1. The lowest BCUT2D eigenvalue weighted by molar-refractivity contribution is 0.102. The highest BCUT2D eigenvalue weighted by Gasteiger charge is 2.16. The van der Waals surface area contributed by atoms with Crippen LogP contribution in [0.1, 0.15) is 21.6 Å². The summed E-state index contributed by atoms with van der Waals surface area (Å²) < 4.78 is 5.44. The van der Waals surface area contributed by atoms with Gasteiger partial charge in [0.1, 0.15) is 0 Å². The molecule has 1 amide bonds. The molecule has 2 aromatic carbocycles. The molecule has 1 saturated heterocycles. The summed E-state index contributed by atoms with van der Waals surface area (Å²) in [6.07, 6.45) is 0. The van der Waals surface area contributed by atoms with Crippen molar-refractivity contribution in [1.82, 2.24) is 4.98 Å². The van der Waals surface area contributed by atoms with E-state index >= 15 is 0 Å². The number of benzene rings is 2. The smallest absolute Gasteiger partial charge is 0.255 e. The number of nitrogens with zero attached hydrogens (tertiary/aromatic N) is 2. The Morgan fingerprint density at radius 3 is 2.70 bits per heavy atom. The monoisotopic (exact) mass is 361 g/mol. The van der Waals surface area contributed by atoms with E-state index in [1.54, 1.807) is 0 Å². The molecule has 0 bridgehead atoms. The first-order valence-electron chi connectivity index (χ1n) is 9.23. The van der Waals surface area contributed by atoms with Crippen LogP contribution in [0.3, 0.4) is 0 Å². The molecular formula is C22H23N3O2. The van der Waals surface area contributed by atoms with Crippen LogP contribution in [0.25, 0.3) is 10.9 Å². The molecule has 3 aromatic rings. The van der Waals surface area contributed by atoms with Crippen LogP contribution in [-0.4, -0.2) is 37.2 Å². The van der Waals surface area contributed by atoms with Crippen LogP contribution in [0.2, 0.25) is 0 Å². The quantitative estimate of drug-likeness (QED) is 0.768. The van der Waals surface area contributed by atoms with Crippen LogP contribution in [-0.2, 0) is 4.74 Å². The molecule has 5 heteroatoms. The SMILES string of the molecule is Cc1ccc2cccc(NC(=O)c3ccc(C)c(N4CCOCC4)c3)c2n1. The lowest BCUT2D eigenvalue weighted by Crippen LogP contribution is -2.36. The van der Waals surface area contributed by atoms with E-state index in [-0.39, 0.29) is 5.91 Å². The van der Waals surface area contributed by atoms with Gasteiger partial charge >= 0.3 is 0 Å². The fraction of sp³-hybridized carbons (Fsp3) is 0.273. The minimum Gasteiger partial charge on any atom is -0.378 e. The highest BCUT2D eigenvalue weighted by Crippen LogP contribution is 2.25. The summed E-state index contributed by atoms with van der Waals surface area (Å²) in [6, 6.07) is 15.7. The van der Waals surface area contributed by atoms with Crippen molar-refractivity contribution < 1.29 is 9.53 Å². The number of aromatic nitrogens is 1. The number of pyridine rings is 1. The number of hydrogen-bond acceptors (Lipinski definition) is 4. The van der Waals surface area contributed by atoms with Crippen molar-refractivity contribution in [3.8, 4) is 0 Å². The molecule has 0 aliphatic carbocycles. The summed E-state index contributed by atoms with van der Waals surface area (Å²) in [4.78, 5) is 19.8. The molecule has 0 spiro atoms. The molecule has 0 unspecified atom stereocenters. The van der Waals surface area contributed by atoms with Gasteiger partial charge in [-0.05, 0) is 43.7 Å². The molecule has 138 valence electrons. The van der Waals surface area contributed by atoms with Crippen molar-refractivity contribution in [3.05, 3.63) is 65.4 Å². The second-order valence-corrected chi connectivity index (χ2v) is 6.88. The van der Waals surface area contributed by atoms with Crippen molar-refractivity contribution in [3.63, 3.8) is 0 Å². The summed E-state index contributed by atoms with van der Waals surface area (Å²) in [6.45, 7) is 7.15. The van der Waals surface area contributed by atoms with E-state index in [4.69, 9.17) is 4.74 Å². The van der Waals surface area contributed by atoms with Crippen LogP contribution >= 0.6 is 0 Å². The van der Waals surface area contributed by atoms with E-state index in [9.17, 15) is 4.79 Å². The Bertz CT molecular complexity index is 994. The van der Waals surface area contributed by atoms with Gasteiger partial charge in [0.05, 0.1) is 24.4 Å². The van der Waals surface area contributed by atoms with Crippen LogP contribution < -0.4 is 10.2 Å². The zero-order chi connectivity index (χ0) is 18.8. The van der Waals surface area contributed by atoms with E-state index in [1.165, 1.54) is 0 Å². The van der Waals surface area contributed by atoms with E-state index in [1.807, 2.05) is 55.5 Å². The number of carbonyl (C=O) groups excluding carboxylic acids is 1. The third kappa shape index (κ3) is 3.64.